The number of piperazine rings is 1. The van der Waals surface area contributed by atoms with Gasteiger partial charge in [0.1, 0.15) is 0 Å². The van der Waals surface area contributed by atoms with Crippen LogP contribution in [0.25, 0.3) is 5.70 Å². The molecular formula is C30H38N6O3. The number of nitrogens with one attached hydrogen (secondary N) is 3. The van der Waals surface area contributed by atoms with Crippen molar-refractivity contribution in [2.75, 3.05) is 55.4 Å². The molecule has 5 rings (SSSR count). The van der Waals surface area contributed by atoms with Crippen LogP contribution in [0.15, 0.2) is 59.6 Å². The Morgan fingerprint density at radius 1 is 1.03 bits per heavy atom. The molecule has 39 heavy (non-hydrogen) atoms. The molecule has 0 spiro atoms. The molecule has 2 heterocycles. The standard InChI is InChI=1S/C30H38N6O3/c1-30(31-16-14-27(34-30)22-6-8-24(9-7-22)32-28(37)15-21-39-2)33-25-10-12-26(13-11-25)35-17-19-36(20-18-35)29(38)23-4-3-5-23/h6-14,16,23,33-34H,3-5,15,17-21H2,1-2H3,(H,32,37). The first-order chi connectivity index (χ1) is 18.9. The molecule has 1 unspecified atom stereocenters. The molecule has 3 aliphatic rings. The monoisotopic (exact) mass is 530 g/mol. The number of methoxy groups -OCH3 is 1. The number of aliphatic imine (C=N–C) groups is 1. The Balaban J connectivity index is 1.14. The van der Waals surface area contributed by atoms with E-state index < -0.39 is 5.79 Å². The van der Waals surface area contributed by atoms with Crippen LogP contribution in [0, 0.1) is 5.92 Å². The normalized spacial score (nSPS) is 21.0. The number of ether oxygens (including phenoxy) is 1. The van der Waals surface area contributed by atoms with Crippen LogP contribution in [-0.4, -0.2) is 68.6 Å². The number of allylic oxidation sites excluding steroid dienone is 1. The zero-order valence-electron chi connectivity index (χ0n) is 22.8. The van der Waals surface area contributed by atoms with Gasteiger partial charge in [-0.1, -0.05) is 18.6 Å². The fourth-order valence-electron chi connectivity index (χ4n) is 5.12. The Labute approximate surface area is 230 Å². The highest BCUT2D eigenvalue weighted by atomic mass is 16.5. The Bertz CT molecular complexity index is 1210. The van der Waals surface area contributed by atoms with Gasteiger partial charge in [-0.25, -0.2) is 4.99 Å². The highest BCUT2D eigenvalue weighted by molar-refractivity contribution is 5.91. The van der Waals surface area contributed by atoms with E-state index in [0.717, 1.165) is 67.3 Å². The SMILES string of the molecule is COCCC(=O)Nc1ccc(C2=CC=NC(C)(Nc3ccc(N4CCN(C(=O)C5CCC5)CC4)cc3)N2)cc1. The van der Waals surface area contributed by atoms with Gasteiger partial charge in [0.25, 0.3) is 0 Å². The largest absolute Gasteiger partial charge is 0.384 e. The van der Waals surface area contributed by atoms with Crippen molar-refractivity contribution in [1.29, 1.82) is 0 Å². The number of rotatable bonds is 9. The Kier molecular flexibility index (Phi) is 8.16. The molecule has 2 fully saturated rings. The number of amides is 2. The number of anilines is 3. The lowest BCUT2D eigenvalue weighted by atomic mass is 9.84. The van der Waals surface area contributed by atoms with Crippen molar-refractivity contribution in [3.63, 3.8) is 0 Å². The molecule has 1 atom stereocenters. The van der Waals surface area contributed by atoms with Crippen molar-refractivity contribution in [3.05, 3.63) is 60.2 Å². The lowest BCUT2D eigenvalue weighted by Gasteiger charge is -2.39. The second-order valence-corrected chi connectivity index (χ2v) is 10.5. The van der Waals surface area contributed by atoms with Crippen molar-refractivity contribution in [3.8, 4) is 0 Å². The summed E-state index contributed by atoms with van der Waals surface area (Å²) in [6.45, 7) is 5.70. The van der Waals surface area contributed by atoms with E-state index >= 15 is 0 Å². The summed E-state index contributed by atoms with van der Waals surface area (Å²) in [5.41, 5.74) is 4.80. The molecule has 0 bridgehead atoms. The molecule has 2 aliphatic heterocycles. The van der Waals surface area contributed by atoms with Gasteiger partial charge in [0.2, 0.25) is 17.6 Å². The van der Waals surface area contributed by atoms with E-state index in [1.165, 1.54) is 6.42 Å². The van der Waals surface area contributed by atoms with Gasteiger partial charge in [0.05, 0.1) is 13.0 Å². The maximum Gasteiger partial charge on any atom is 0.226 e. The Morgan fingerprint density at radius 2 is 1.72 bits per heavy atom. The van der Waals surface area contributed by atoms with E-state index in [9.17, 15) is 9.59 Å². The summed E-state index contributed by atoms with van der Waals surface area (Å²) in [5.74, 6) is -0.168. The third-order valence-electron chi connectivity index (χ3n) is 7.63. The van der Waals surface area contributed by atoms with Crippen molar-refractivity contribution in [1.82, 2.24) is 10.2 Å². The Hall–Kier alpha value is -3.85. The molecule has 9 nitrogen and oxygen atoms in total. The van der Waals surface area contributed by atoms with Crippen molar-refractivity contribution in [2.24, 2.45) is 10.9 Å². The zero-order chi connectivity index (χ0) is 27.2. The third kappa shape index (κ3) is 6.60. The van der Waals surface area contributed by atoms with Crippen LogP contribution in [0.4, 0.5) is 17.1 Å². The van der Waals surface area contributed by atoms with Gasteiger partial charge in [0.15, 0.2) is 0 Å². The molecule has 1 saturated carbocycles. The first kappa shape index (κ1) is 26.7. The van der Waals surface area contributed by atoms with Crippen LogP contribution in [0.1, 0.15) is 38.2 Å². The fourth-order valence-corrected chi connectivity index (χ4v) is 5.12. The van der Waals surface area contributed by atoms with Crippen LogP contribution >= 0.6 is 0 Å². The van der Waals surface area contributed by atoms with E-state index in [-0.39, 0.29) is 11.8 Å². The summed E-state index contributed by atoms with van der Waals surface area (Å²) in [6.07, 6.45) is 7.38. The van der Waals surface area contributed by atoms with Gasteiger partial charge in [-0.2, -0.15) is 0 Å². The average Bonchev–Trinajstić information content (AvgIpc) is 2.92. The predicted molar refractivity (Wildman–Crippen MR) is 156 cm³/mol. The minimum absolute atomic E-state index is 0.0733. The van der Waals surface area contributed by atoms with Gasteiger partial charge < -0.3 is 30.5 Å². The minimum Gasteiger partial charge on any atom is -0.384 e. The van der Waals surface area contributed by atoms with Gasteiger partial charge in [-0.15, -0.1) is 0 Å². The zero-order valence-corrected chi connectivity index (χ0v) is 22.8. The van der Waals surface area contributed by atoms with Crippen LogP contribution in [0.2, 0.25) is 0 Å². The first-order valence-electron chi connectivity index (χ1n) is 13.8. The number of nitrogens with zero attached hydrogens (tertiary/aromatic N) is 3. The maximum absolute atomic E-state index is 12.5. The van der Waals surface area contributed by atoms with Crippen LogP contribution in [0.5, 0.6) is 0 Å². The maximum atomic E-state index is 12.5. The van der Waals surface area contributed by atoms with Crippen molar-refractivity contribution < 1.29 is 14.3 Å². The minimum atomic E-state index is -0.716. The second-order valence-electron chi connectivity index (χ2n) is 10.5. The van der Waals surface area contributed by atoms with Crippen molar-refractivity contribution in [2.45, 2.75) is 38.4 Å². The molecule has 3 N–H and O–H groups in total. The van der Waals surface area contributed by atoms with Crippen LogP contribution in [0.3, 0.4) is 0 Å². The van der Waals surface area contributed by atoms with Crippen LogP contribution in [-0.2, 0) is 14.3 Å². The molecule has 2 aromatic carbocycles. The first-order valence-corrected chi connectivity index (χ1v) is 13.8. The number of hydrogen-bond donors (Lipinski definition) is 3. The number of benzene rings is 2. The summed E-state index contributed by atoms with van der Waals surface area (Å²) < 4.78 is 4.96. The number of carbonyl (C=O) groups is 2. The summed E-state index contributed by atoms with van der Waals surface area (Å²) in [6, 6.07) is 16.1. The van der Waals surface area contributed by atoms with Gasteiger partial charge >= 0.3 is 0 Å². The third-order valence-corrected chi connectivity index (χ3v) is 7.63. The van der Waals surface area contributed by atoms with E-state index in [1.807, 2.05) is 42.2 Å². The number of hydrogen-bond acceptors (Lipinski definition) is 7. The van der Waals surface area contributed by atoms with Crippen LogP contribution < -0.4 is 20.9 Å². The van der Waals surface area contributed by atoms with Gasteiger partial charge in [0, 0.05) is 68.2 Å². The molecule has 0 aromatic heterocycles. The molecule has 206 valence electrons. The predicted octanol–water partition coefficient (Wildman–Crippen LogP) is 3.91. The smallest absolute Gasteiger partial charge is 0.226 e. The van der Waals surface area contributed by atoms with Gasteiger partial charge in [-0.05, 0) is 67.8 Å². The number of carbonyl (C=O) groups excluding carboxylic acids is 2. The Morgan fingerprint density at radius 3 is 2.36 bits per heavy atom. The highest BCUT2D eigenvalue weighted by Gasteiger charge is 2.31. The van der Waals surface area contributed by atoms with E-state index in [1.54, 1.807) is 13.3 Å². The fraction of sp³-hybridized carbons (Fsp3) is 0.433. The lowest BCUT2D eigenvalue weighted by molar-refractivity contribution is -0.138. The summed E-state index contributed by atoms with van der Waals surface area (Å²) in [5, 5.41) is 9.88. The van der Waals surface area contributed by atoms with Gasteiger partial charge in [-0.3, -0.25) is 9.59 Å². The summed E-state index contributed by atoms with van der Waals surface area (Å²) in [4.78, 5) is 33.5. The summed E-state index contributed by atoms with van der Waals surface area (Å²) in [7, 11) is 1.58. The van der Waals surface area contributed by atoms with Crippen molar-refractivity contribution >= 4 is 40.8 Å². The highest BCUT2D eigenvalue weighted by Crippen LogP contribution is 2.29. The van der Waals surface area contributed by atoms with E-state index in [4.69, 9.17) is 4.74 Å². The topological polar surface area (TPSA) is 98.3 Å². The molecule has 1 saturated heterocycles. The van der Waals surface area contributed by atoms with E-state index in [2.05, 4.69) is 50.1 Å². The molecule has 2 amide bonds. The average molecular weight is 531 g/mol. The molecule has 2 aromatic rings. The van der Waals surface area contributed by atoms with E-state index in [0.29, 0.717) is 18.9 Å². The molecule has 9 heteroatoms. The molecule has 0 radical (unpaired) electrons. The molecule has 1 aliphatic carbocycles. The summed E-state index contributed by atoms with van der Waals surface area (Å²) >= 11 is 0. The second kappa shape index (κ2) is 11.9. The molecular weight excluding hydrogens is 492 g/mol. The quantitative estimate of drug-likeness (QED) is 0.455. The lowest BCUT2D eigenvalue weighted by Crippen LogP contribution is -2.51.